The van der Waals surface area contributed by atoms with Crippen LogP contribution in [0.2, 0.25) is 0 Å². The second-order valence-electron chi connectivity index (χ2n) is 12.0. The van der Waals surface area contributed by atoms with Gasteiger partial charge in [0.1, 0.15) is 22.7 Å². The van der Waals surface area contributed by atoms with E-state index in [0.29, 0.717) is 12.3 Å². The molecule has 0 bridgehead atoms. The van der Waals surface area contributed by atoms with Crippen molar-refractivity contribution in [3.8, 4) is 11.5 Å². The number of fused-ring (bicyclic) bond motifs is 2. The molecule has 238 valence electrons. The van der Waals surface area contributed by atoms with Gasteiger partial charge in [-0.2, -0.15) is 0 Å². The van der Waals surface area contributed by atoms with E-state index in [0.717, 1.165) is 77.3 Å². The number of aliphatic hydroxyl groups is 1. The van der Waals surface area contributed by atoms with Gasteiger partial charge >= 0.3 is 0 Å². The Morgan fingerprint density at radius 3 is 2.24 bits per heavy atom. The number of halogens is 1. The number of rotatable bonds is 6. The number of piperidine rings is 1. The number of benzene rings is 3. The van der Waals surface area contributed by atoms with Crippen LogP contribution in [0, 0.1) is 11.8 Å². The molecule has 4 heterocycles. The molecule has 3 aromatic carbocycles. The Hall–Kier alpha value is -3.75. The highest BCUT2D eigenvalue weighted by molar-refractivity contribution is 5.92. The molecule has 5 aromatic rings. The smallest absolute Gasteiger partial charge is 0.141 e. The van der Waals surface area contributed by atoms with Gasteiger partial charge in [0.25, 0.3) is 0 Å². The molecule has 0 saturated carbocycles. The summed E-state index contributed by atoms with van der Waals surface area (Å²) in [5, 5.41) is 17.0. The summed E-state index contributed by atoms with van der Waals surface area (Å²) in [5.74, 6) is 2.20. The standard InChI is InChI=1S/C22H25NO3.C15H17NO2.ClH/c1-16-14-23(15-17-6-4-3-5-7-17)10-9-22(16,24)20-13-19(25-2)12-18-8-11-26-21(18)20;1-10-9-16-5-3-13(10)14-8-12(17-2)7-11-4-6-18-15(11)14;/h3-8,11-13,16,24H,9-10,14-15H2,1-2H3;3-4,6-8,10,16H,5,9H2,1-2H3;1H. The van der Waals surface area contributed by atoms with Gasteiger partial charge in [0, 0.05) is 60.5 Å². The van der Waals surface area contributed by atoms with Crippen LogP contribution >= 0.6 is 12.4 Å². The molecule has 3 unspecified atom stereocenters. The van der Waals surface area contributed by atoms with Gasteiger partial charge in [0.05, 0.1) is 32.3 Å². The van der Waals surface area contributed by atoms with E-state index >= 15 is 0 Å². The van der Waals surface area contributed by atoms with Gasteiger partial charge in [-0.1, -0.05) is 50.3 Å². The topological polar surface area (TPSA) is 80.2 Å². The van der Waals surface area contributed by atoms with Crippen molar-refractivity contribution >= 4 is 39.9 Å². The molecule has 0 amide bonds. The number of methoxy groups -OCH3 is 2. The van der Waals surface area contributed by atoms with E-state index in [1.54, 1.807) is 26.7 Å². The van der Waals surface area contributed by atoms with Crippen molar-refractivity contribution < 1.29 is 23.4 Å². The van der Waals surface area contributed by atoms with E-state index in [2.05, 4.69) is 60.5 Å². The second-order valence-corrected chi connectivity index (χ2v) is 12.0. The van der Waals surface area contributed by atoms with E-state index in [1.807, 2.05) is 36.4 Å². The lowest BCUT2D eigenvalue weighted by molar-refractivity contribution is -0.0723. The maximum atomic E-state index is 11.6. The molecule has 45 heavy (non-hydrogen) atoms. The highest BCUT2D eigenvalue weighted by Crippen LogP contribution is 2.43. The van der Waals surface area contributed by atoms with Crippen LogP contribution in [0.25, 0.3) is 27.5 Å². The van der Waals surface area contributed by atoms with Crippen molar-refractivity contribution in [3.63, 3.8) is 0 Å². The molecule has 0 spiro atoms. The first-order chi connectivity index (χ1) is 21.4. The number of likely N-dealkylation sites (tertiary alicyclic amines) is 1. The van der Waals surface area contributed by atoms with Crippen molar-refractivity contribution in [2.24, 2.45) is 11.8 Å². The molecule has 7 rings (SSSR count). The first-order valence-electron chi connectivity index (χ1n) is 15.4. The molecule has 0 radical (unpaired) electrons. The summed E-state index contributed by atoms with van der Waals surface area (Å²) in [5.41, 5.74) is 5.43. The lowest BCUT2D eigenvalue weighted by Crippen LogP contribution is -2.48. The fraction of sp³-hybridized carbons (Fsp3) is 0.351. The van der Waals surface area contributed by atoms with Gasteiger partial charge in [-0.05, 0) is 59.9 Å². The normalized spacial score (nSPS) is 21.8. The Morgan fingerprint density at radius 2 is 1.58 bits per heavy atom. The van der Waals surface area contributed by atoms with E-state index in [4.69, 9.17) is 18.3 Å². The Morgan fingerprint density at radius 1 is 0.911 bits per heavy atom. The minimum atomic E-state index is -0.919. The number of hydrogen-bond acceptors (Lipinski definition) is 7. The number of nitrogens with one attached hydrogen (secondary N) is 1. The summed E-state index contributed by atoms with van der Waals surface area (Å²) < 4.78 is 22.2. The zero-order chi connectivity index (χ0) is 30.7. The molecule has 1 saturated heterocycles. The maximum Gasteiger partial charge on any atom is 0.141 e. The average Bonchev–Trinajstić information content (AvgIpc) is 3.73. The Balaban J connectivity index is 0.000000185. The monoisotopic (exact) mass is 630 g/mol. The minimum Gasteiger partial charge on any atom is -0.497 e. The molecule has 2 N–H and O–H groups in total. The molecule has 0 aliphatic carbocycles. The predicted molar refractivity (Wildman–Crippen MR) is 182 cm³/mol. The summed E-state index contributed by atoms with van der Waals surface area (Å²) in [6, 6.07) is 22.3. The summed E-state index contributed by atoms with van der Waals surface area (Å²) >= 11 is 0. The van der Waals surface area contributed by atoms with E-state index < -0.39 is 5.60 Å². The number of furan rings is 2. The second kappa shape index (κ2) is 14.1. The predicted octanol–water partition coefficient (Wildman–Crippen LogP) is 7.66. The third-order valence-electron chi connectivity index (χ3n) is 9.15. The van der Waals surface area contributed by atoms with Crippen molar-refractivity contribution in [3.05, 3.63) is 102 Å². The minimum absolute atomic E-state index is 0. The van der Waals surface area contributed by atoms with Crippen LogP contribution in [0.5, 0.6) is 11.5 Å². The number of ether oxygens (including phenoxy) is 2. The average molecular weight is 631 g/mol. The highest BCUT2D eigenvalue weighted by atomic mass is 35.5. The molecule has 1 fully saturated rings. The molecule has 7 nitrogen and oxygen atoms in total. The summed E-state index contributed by atoms with van der Waals surface area (Å²) in [4.78, 5) is 2.41. The fourth-order valence-corrected chi connectivity index (χ4v) is 6.64. The summed E-state index contributed by atoms with van der Waals surface area (Å²) in [6.45, 7) is 8.86. The van der Waals surface area contributed by atoms with Crippen LogP contribution in [0.1, 0.15) is 37.0 Å². The van der Waals surface area contributed by atoms with Crippen LogP contribution in [-0.2, 0) is 12.1 Å². The first-order valence-corrected chi connectivity index (χ1v) is 15.4. The zero-order valence-electron chi connectivity index (χ0n) is 26.4. The summed E-state index contributed by atoms with van der Waals surface area (Å²) in [7, 11) is 3.35. The van der Waals surface area contributed by atoms with Crippen molar-refractivity contribution in [1.82, 2.24) is 10.2 Å². The van der Waals surface area contributed by atoms with Gasteiger partial charge in [-0.15, -0.1) is 12.4 Å². The lowest BCUT2D eigenvalue weighted by atomic mass is 9.76. The highest BCUT2D eigenvalue weighted by Gasteiger charge is 2.42. The summed E-state index contributed by atoms with van der Waals surface area (Å²) in [6.07, 6.45) is 6.32. The van der Waals surface area contributed by atoms with Crippen LogP contribution in [0.4, 0.5) is 0 Å². The van der Waals surface area contributed by atoms with Gasteiger partial charge in [-0.3, -0.25) is 4.90 Å². The quantitative estimate of drug-likeness (QED) is 0.199. The molecule has 2 aromatic heterocycles. The lowest BCUT2D eigenvalue weighted by Gasteiger charge is -2.43. The van der Waals surface area contributed by atoms with E-state index in [1.165, 1.54) is 11.1 Å². The SMILES string of the molecule is COc1cc(C2(O)CCN(Cc3ccccc3)CC2C)c2occc2c1.COc1cc(C2=CCNCC2C)c2occc2c1.Cl. The largest absolute Gasteiger partial charge is 0.497 e. The van der Waals surface area contributed by atoms with Crippen molar-refractivity contribution in [2.75, 3.05) is 40.4 Å². The number of hydrogen-bond donors (Lipinski definition) is 2. The fourth-order valence-electron chi connectivity index (χ4n) is 6.64. The maximum absolute atomic E-state index is 11.6. The van der Waals surface area contributed by atoms with Crippen LogP contribution in [0.3, 0.4) is 0 Å². The van der Waals surface area contributed by atoms with Gasteiger partial charge < -0.3 is 28.7 Å². The molecule has 3 atom stereocenters. The third kappa shape index (κ3) is 6.77. The zero-order valence-corrected chi connectivity index (χ0v) is 27.2. The molecule has 2 aliphatic rings. The van der Waals surface area contributed by atoms with Gasteiger partial charge in [-0.25, -0.2) is 0 Å². The van der Waals surface area contributed by atoms with E-state index in [-0.39, 0.29) is 18.3 Å². The van der Waals surface area contributed by atoms with Crippen molar-refractivity contribution in [2.45, 2.75) is 32.4 Å². The third-order valence-corrected chi connectivity index (χ3v) is 9.15. The van der Waals surface area contributed by atoms with Crippen LogP contribution in [0.15, 0.2) is 94.2 Å². The number of nitrogens with zero attached hydrogens (tertiary/aromatic N) is 1. The van der Waals surface area contributed by atoms with Crippen LogP contribution in [-0.4, -0.2) is 50.4 Å². The van der Waals surface area contributed by atoms with Crippen molar-refractivity contribution in [1.29, 1.82) is 0 Å². The molecule has 8 heteroatoms. The Bertz CT molecular complexity index is 1750. The molecular formula is C37H43ClN2O5. The van der Waals surface area contributed by atoms with E-state index in [9.17, 15) is 5.11 Å². The molecular weight excluding hydrogens is 588 g/mol. The Kier molecular flexibility index (Phi) is 10.2. The molecule has 2 aliphatic heterocycles. The van der Waals surface area contributed by atoms with Gasteiger partial charge in [0.2, 0.25) is 0 Å². The first kappa shape index (κ1) is 32.6. The van der Waals surface area contributed by atoms with Crippen LogP contribution < -0.4 is 14.8 Å². The van der Waals surface area contributed by atoms with Gasteiger partial charge in [0.15, 0.2) is 0 Å². The Labute approximate surface area is 271 Å².